The average Bonchev–Trinajstić information content (AvgIpc) is 3.11. The molecule has 0 unspecified atom stereocenters. The van der Waals surface area contributed by atoms with Crippen molar-refractivity contribution < 1.29 is 18.7 Å². The topological polar surface area (TPSA) is 46.6 Å². The van der Waals surface area contributed by atoms with E-state index in [0.29, 0.717) is 21.2 Å². The van der Waals surface area contributed by atoms with E-state index in [9.17, 15) is 14.0 Å². The minimum Gasteiger partial charge on any atom is -0.489 e. The summed E-state index contributed by atoms with van der Waals surface area (Å²) >= 11 is 6.97. The average molecular weight is 504 g/mol. The molecule has 0 aromatic heterocycles. The molecule has 174 valence electrons. The van der Waals surface area contributed by atoms with Crippen molar-refractivity contribution in [2.24, 2.45) is 0 Å². The fraction of sp³-hybridized carbons (Fsp3) is 0.0714. The smallest absolute Gasteiger partial charge is 0.293 e. The number of carbonyl (C=O) groups is 2. The lowest BCUT2D eigenvalue weighted by Gasteiger charge is -2.13. The second kappa shape index (κ2) is 9.94. The molecule has 35 heavy (non-hydrogen) atoms. The van der Waals surface area contributed by atoms with Crippen molar-refractivity contribution in [3.8, 4) is 5.75 Å². The molecule has 1 heterocycles. The van der Waals surface area contributed by atoms with Gasteiger partial charge in [-0.1, -0.05) is 66.2 Å². The van der Waals surface area contributed by atoms with Gasteiger partial charge in [-0.2, -0.15) is 0 Å². The predicted molar refractivity (Wildman–Crippen MR) is 138 cm³/mol. The van der Waals surface area contributed by atoms with Gasteiger partial charge in [-0.25, -0.2) is 4.39 Å². The molecule has 4 aromatic rings. The molecule has 0 spiro atoms. The molecule has 1 saturated heterocycles. The summed E-state index contributed by atoms with van der Waals surface area (Å²) < 4.78 is 19.7. The summed E-state index contributed by atoms with van der Waals surface area (Å²) in [6, 6.07) is 25.4. The zero-order chi connectivity index (χ0) is 24.4. The molecule has 0 N–H and O–H groups in total. The van der Waals surface area contributed by atoms with E-state index in [2.05, 4.69) is 0 Å². The van der Waals surface area contributed by atoms with Crippen LogP contribution in [0.3, 0.4) is 0 Å². The van der Waals surface area contributed by atoms with E-state index in [1.165, 1.54) is 17.0 Å². The van der Waals surface area contributed by atoms with Gasteiger partial charge >= 0.3 is 0 Å². The minimum absolute atomic E-state index is 0.0305. The Hall–Kier alpha value is -3.61. The van der Waals surface area contributed by atoms with Gasteiger partial charge in [0.15, 0.2) is 0 Å². The first-order valence-corrected chi connectivity index (χ1v) is 12.1. The van der Waals surface area contributed by atoms with Crippen molar-refractivity contribution in [3.63, 3.8) is 0 Å². The zero-order valence-corrected chi connectivity index (χ0v) is 20.0. The van der Waals surface area contributed by atoms with Crippen LogP contribution in [0.5, 0.6) is 5.75 Å². The normalized spacial score (nSPS) is 14.8. The van der Waals surface area contributed by atoms with Gasteiger partial charge in [0.05, 0.1) is 16.5 Å². The maximum Gasteiger partial charge on any atom is 0.293 e. The number of carbonyl (C=O) groups excluding carboxylic acids is 2. The summed E-state index contributed by atoms with van der Waals surface area (Å²) in [5, 5.41) is 2.14. The maximum atomic E-state index is 14.0. The van der Waals surface area contributed by atoms with E-state index in [0.717, 1.165) is 28.1 Å². The van der Waals surface area contributed by atoms with Crippen LogP contribution < -0.4 is 4.74 Å². The summed E-state index contributed by atoms with van der Waals surface area (Å²) in [6.07, 6.45) is 1.66. The highest BCUT2D eigenvalue weighted by molar-refractivity contribution is 8.18. The number of ether oxygens (including phenoxy) is 1. The molecule has 7 heteroatoms. The van der Waals surface area contributed by atoms with Gasteiger partial charge in [0.25, 0.3) is 11.1 Å². The third kappa shape index (κ3) is 5.09. The molecule has 1 aliphatic rings. The zero-order valence-electron chi connectivity index (χ0n) is 18.4. The van der Waals surface area contributed by atoms with Crippen molar-refractivity contribution in [3.05, 3.63) is 117 Å². The van der Waals surface area contributed by atoms with E-state index in [1.54, 1.807) is 36.4 Å². The Bertz CT molecular complexity index is 1470. The maximum absolute atomic E-state index is 14.0. The van der Waals surface area contributed by atoms with Crippen LogP contribution in [0.25, 0.3) is 16.8 Å². The number of halogens is 2. The summed E-state index contributed by atoms with van der Waals surface area (Å²) in [6.45, 7) is 0.177. The number of rotatable bonds is 6. The molecule has 0 aliphatic carbocycles. The van der Waals surface area contributed by atoms with E-state index in [4.69, 9.17) is 16.3 Å². The number of thioether (sulfide) groups is 1. The fourth-order valence-electron chi connectivity index (χ4n) is 3.83. The lowest BCUT2D eigenvalue weighted by Crippen LogP contribution is -2.27. The van der Waals surface area contributed by atoms with E-state index in [1.807, 2.05) is 42.5 Å². The van der Waals surface area contributed by atoms with Crippen LogP contribution in [-0.2, 0) is 17.9 Å². The van der Waals surface area contributed by atoms with Gasteiger partial charge < -0.3 is 4.74 Å². The molecule has 0 saturated carbocycles. The van der Waals surface area contributed by atoms with Crippen molar-refractivity contribution in [2.75, 3.05) is 0 Å². The van der Waals surface area contributed by atoms with E-state index < -0.39 is 5.82 Å². The van der Waals surface area contributed by atoms with Crippen LogP contribution in [0, 0.1) is 5.82 Å². The SMILES string of the molecule is O=C1S/C(=C\c2cccc(OCc3c(F)cccc3Cl)c2)C(=O)N1Cc1ccc2ccccc2c1. The van der Waals surface area contributed by atoms with Gasteiger partial charge in [-0.3, -0.25) is 14.5 Å². The third-order valence-corrected chi connectivity index (χ3v) is 6.89. The first-order chi connectivity index (χ1) is 17.0. The van der Waals surface area contributed by atoms with Gasteiger partial charge in [-0.05, 0) is 70.1 Å². The van der Waals surface area contributed by atoms with Crippen LogP contribution in [0.2, 0.25) is 5.02 Å². The summed E-state index contributed by atoms with van der Waals surface area (Å²) in [5.74, 6) is -0.278. The van der Waals surface area contributed by atoms with Crippen molar-refractivity contribution in [1.82, 2.24) is 4.90 Å². The van der Waals surface area contributed by atoms with Gasteiger partial charge in [0.1, 0.15) is 18.2 Å². The highest BCUT2D eigenvalue weighted by Crippen LogP contribution is 2.34. The first kappa shape index (κ1) is 23.1. The van der Waals surface area contributed by atoms with Gasteiger partial charge in [-0.15, -0.1) is 0 Å². The summed E-state index contributed by atoms with van der Waals surface area (Å²) in [4.78, 5) is 27.2. The number of hydrogen-bond acceptors (Lipinski definition) is 4. The third-order valence-electron chi connectivity index (χ3n) is 5.63. The first-order valence-electron chi connectivity index (χ1n) is 10.9. The van der Waals surface area contributed by atoms with Gasteiger partial charge in [0.2, 0.25) is 0 Å². The van der Waals surface area contributed by atoms with Crippen LogP contribution in [-0.4, -0.2) is 16.0 Å². The number of amides is 2. The molecule has 1 fully saturated rings. The van der Waals surface area contributed by atoms with E-state index in [-0.39, 0.29) is 29.9 Å². The van der Waals surface area contributed by atoms with E-state index >= 15 is 0 Å². The Labute approximate surface area is 211 Å². The molecule has 5 rings (SSSR count). The van der Waals surface area contributed by atoms with Crippen molar-refractivity contribution in [2.45, 2.75) is 13.2 Å². The molecule has 4 aromatic carbocycles. The highest BCUT2D eigenvalue weighted by Gasteiger charge is 2.35. The lowest BCUT2D eigenvalue weighted by atomic mass is 10.1. The number of hydrogen-bond donors (Lipinski definition) is 0. The molecule has 0 radical (unpaired) electrons. The molecular formula is C28H19ClFNO3S. The Morgan fingerprint density at radius 1 is 0.914 bits per heavy atom. The summed E-state index contributed by atoms with van der Waals surface area (Å²) in [7, 11) is 0. The molecule has 0 bridgehead atoms. The Kier molecular flexibility index (Phi) is 6.57. The van der Waals surface area contributed by atoms with Crippen LogP contribution >= 0.6 is 23.4 Å². The number of benzene rings is 4. The monoisotopic (exact) mass is 503 g/mol. The number of nitrogens with zero attached hydrogens (tertiary/aromatic N) is 1. The second-order valence-electron chi connectivity index (χ2n) is 8.01. The Morgan fingerprint density at radius 3 is 2.54 bits per heavy atom. The van der Waals surface area contributed by atoms with Crippen LogP contribution in [0.4, 0.5) is 9.18 Å². The van der Waals surface area contributed by atoms with Crippen molar-refractivity contribution in [1.29, 1.82) is 0 Å². The Balaban J connectivity index is 1.30. The molecule has 2 amide bonds. The second-order valence-corrected chi connectivity index (χ2v) is 9.41. The van der Waals surface area contributed by atoms with Crippen LogP contribution in [0.15, 0.2) is 89.8 Å². The fourth-order valence-corrected chi connectivity index (χ4v) is 4.88. The number of imide groups is 1. The Morgan fingerprint density at radius 2 is 1.71 bits per heavy atom. The standard InChI is InChI=1S/C28H19ClFNO3S/c29-24-9-4-10-25(30)23(24)17-34-22-8-3-5-18(14-22)15-26-27(32)31(28(33)35-26)16-19-11-12-20-6-1-2-7-21(20)13-19/h1-15H,16-17H2/b26-15-. The van der Waals surface area contributed by atoms with Crippen LogP contribution in [0.1, 0.15) is 16.7 Å². The predicted octanol–water partition coefficient (Wildman–Crippen LogP) is 7.45. The van der Waals surface area contributed by atoms with Gasteiger partial charge in [0, 0.05) is 5.56 Å². The molecule has 1 aliphatic heterocycles. The molecule has 4 nitrogen and oxygen atoms in total. The van der Waals surface area contributed by atoms with Crippen molar-refractivity contribution >= 4 is 51.4 Å². The highest BCUT2D eigenvalue weighted by atomic mass is 35.5. The molecular weight excluding hydrogens is 485 g/mol. The summed E-state index contributed by atoms with van der Waals surface area (Å²) in [5.41, 5.74) is 1.85. The molecule has 0 atom stereocenters. The lowest BCUT2D eigenvalue weighted by molar-refractivity contribution is -0.123. The largest absolute Gasteiger partial charge is 0.489 e. The minimum atomic E-state index is -0.436. The quantitative estimate of drug-likeness (QED) is 0.256. The number of fused-ring (bicyclic) bond motifs is 1.